The Morgan fingerprint density at radius 1 is 0.955 bits per heavy atom. The topological polar surface area (TPSA) is 186 Å². The third-order valence-electron chi connectivity index (χ3n) is 8.86. The van der Waals surface area contributed by atoms with Crippen LogP contribution in [0.5, 0.6) is 0 Å². The SMILES string of the molecule is CC[C@H](C)[C@H]1NC(=O)[C@H]2[C@@H](C)CCN2C(=O)[C@@H](C[C@H](O)CO)OC(=O)CCNC(=O)[C@@H](C)N(C)C(=O)[C@@H](C(C)C)N(C)C1=O. The summed E-state index contributed by atoms with van der Waals surface area (Å²) in [7, 11) is 2.96. The second-order valence-electron chi connectivity index (χ2n) is 12.5. The highest BCUT2D eigenvalue weighted by molar-refractivity contribution is 5.96. The van der Waals surface area contributed by atoms with Crippen LogP contribution < -0.4 is 10.6 Å². The second-order valence-corrected chi connectivity index (χ2v) is 12.5. The minimum absolute atomic E-state index is 0.151. The van der Waals surface area contributed by atoms with Crippen LogP contribution in [0.15, 0.2) is 0 Å². The molecule has 0 saturated carbocycles. The molecule has 2 heterocycles. The largest absolute Gasteiger partial charge is 0.452 e. The Hall–Kier alpha value is -3.26. The fourth-order valence-electron chi connectivity index (χ4n) is 5.70. The number of aliphatic hydroxyl groups excluding tert-OH is 2. The van der Waals surface area contributed by atoms with Gasteiger partial charge in [-0.15, -0.1) is 0 Å². The van der Waals surface area contributed by atoms with Crippen molar-refractivity contribution in [3.8, 4) is 0 Å². The molecule has 0 aromatic rings. The molecule has 250 valence electrons. The van der Waals surface area contributed by atoms with Crippen molar-refractivity contribution in [3.05, 3.63) is 0 Å². The molecule has 2 aliphatic rings. The van der Waals surface area contributed by atoms with E-state index in [9.17, 15) is 39.0 Å². The van der Waals surface area contributed by atoms with Gasteiger partial charge in [0, 0.05) is 33.6 Å². The zero-order valence-electron chi connectivity index (χ0n) is 27.2. The van der Waals surface area contributed by atoms with Gasteiger partial charge in [-0.1, -0.05) is 41.0 Å². The van der Waals surface area contributed by atoms with Gasteiger partial charge in [-0.25, -0.2) is 0 Å². The predicted molar refractivity (Wildman–Crippen MR) is 160 cm³/mol. The normalized spacial score (nSPS) is 30.2. The molecule has 0 spiro atoms. The first-order chi connectivity index (χ1) is 20.6. The van der Waals surface area contributed by atoms with Crippen molar-refractivity contribution in [2.24, 2.45) is 17.8 Å². The van der Waals surface area contributed by atoms with Crippen molar-refractivity contribution >= 4 is 35.5 Å². The third kappa shape index (κ3) is 8.68. The Morgan fingerprint density at radius 2 is 1.59 bits per heavy atom. The van der Waals surface area contributed by atoms with Crippen LogP contribution in [0.25, 0.3) is 0 Å². The Kier molecular flexibility index (Phi) is 13.6. The van der Waals surface area contributed by atoms with Crippen molar-refractivity contribution in [3.63, 3.8) is 0 Å². The van der Waals surface area contributed by atoms with E-state index in [0.717, 1.165) is 0 Å². The van der Waals surface area contributed by atoms with Crippen LogP contribution in [0.3, 0.4) is 0 Å². The fraction of sp³-hybridized carbons (Fsp3) is 0.800. The molecule has 0 aromatic heterocycles. The van der Waals surface area contributed by atoms with E-state index in [1.165, 1.54) is 35.7 Å². The summed E-state index contributed by atoms with van der Waals surface area (Å²) < 4.78 is 5.42. The van der Waals surface area contributed by atoms with E-state index < -0.39 is 84.9 Å². The van der Waals surface area contributed by atoms with Crippen LogP contribution in [0.2, 0.25) is 0 Å². The first-order valence-electron chi connectivity index (χ1n) is 15.5. The van der Waals surface area contributed by atoms with Gasteiger partial charge in [0.05, 0.1) is 19.1 Å². The fourth-order valence-corrected chi connectivity index (χ4v) is 5.70. The number of ether oxygens (including phenoxy) is 1. The second kappa shape index (κ2) is 16.2. The number of carbonyl (C=O) groups excluding carboxylic acids is 6. The lowest BCUT2D eigenvalue weighted by Crippen LogP contribution is -2.61. The molecule has 0 radical (unpaired) electrons. The summed E-state index contributed by atoms with van der Waals surface area (Å²) in [5.41, 5.74) is 0. The minimum Gasteiger partial charge on any atom is -0.452 e. The van der Waals surface area contributed by atoms with Crippen molar-refractivity contribution < 1.29 is 43.7 Å². The summed E-state index contributed by atoms with van der Waals surface area (Å²) in [6.07, 6.45) is -2.56. The maximum Gasteiger partial charge on any atom is 0.308 e. The van der Waals surface area contributed by atoms with Crippen molar-refractivity contribution in [1.29, 1.82) is 0 Å². The lowest BCUT2D eigenvalue weighted by Gasteiger charge is -2.38. The van der Waals surface area contributed by atoms with Crippen LogP contribution in [-0.4, -0.2) is 131 Å². The van der Waals surface area contributed by atoms with Gasteiger partial charge in [-0.3, -0.25) is 28.8 Å². The maximum atomic E-state index is 14.0. The van der Waals surface area contributed by atoms with Crippen LogP contribution in [-0.2, 0) is 33.5 Å². The molecule has 14 nitrogen and oxygen atoms in total. The molecule has 8 atom stereocenters. The molecule has 5 amide bonds. The summed E-state index contributed by atoms with van der Waals surface area (Å²) in [5, 5.41) is 25.0. The summed E-state index contributed by atoms with van der Waals surface area (Å²) >= 11 is 0. The number of esters is 1. The number of fused-ring (bicyclic) bond motifs is 1. The molecular weight excluding hydrogens is 574 g/mol. The Morgan fingerprint density at radius 3 is 2.16 bits per heavy atom. The highest BCUT2D eigenvalue weighted by atomic mass is 16.5. The van der Waals surface area contributed by atoms with Crippen LogP contribution in [0.4, 0.5) is 0 Å². The first-order valence-corrected chi connectivity index (χ1v) is 15.5. The molecule has 0 aliphatic carbocycles. The van der Waals surface area contributed by atoms with E-state index in [0.29, 0.717) is 12.8 Å². The minimum atomic E-state index is -1.49. The van der Waals surface area contributed by atoms with E-state index >= 15 is 0 Å². The zero-order valence-corrected chi connectivity index (χ0v) is 27.2. The molecule has 0 aromatic carbocycles. The molecule has 2 rings (SSSR count). The maximum absolute atomic E-state index is 14.0. The molecular formula is C30H51N5O9. The van der Waals surface area contributed by atoms with Crippen LogP contribution >= 0.6 is 0 Å². The summed E-state index contributed by atoms with van der Waals surface area (Å²) in [4.78, 5) is 84.7. The number of amides is 5. The quantitative estimate of drug-likeness (QED) is 0.276. The Labute approximate surface area is 259 Å². The highest BCUT2D eigenvalue weighted by Gasteiger charge is 2.45. The van der Waals surface area contributed by atoms with Crippen molar-refractivity contribution in [2.75, 3.05) is 33.8 Å². The number of cyclic esters (lactones) is 1. The van der Waals surface area contributed by atoms with Gasteiger partial charge in [-0.05, 0) is 31.1 Å². The summed E-state index contributed by atoms with van der Waals surface area (Å²) in [6, 6.07) is -3.90. The molecule has 2 saturated heterocycles. The molecule has 2 fully saturated rings. The van der Waals surface area contributed by atoms with E-state index in [-0.39, 0.29) is 37.3 Å². The van der Waals surface area contributed by atoms with E-state index in [2.05, 4.69) is 10.6 Å². The average molecular weight is 626 g/mol. The van der Waals surface area contributed by atoms with Gasteiger partial charge in [0.15, 0.2) is 6.10 Å². The lowest BCUT2D eigenvalue weighted by atomic mass is 9.94. The lowest BCUT2D eigenvalue weighted by molar-refractivity contribution is -0.164. The van der Waals surface area contributed by atoms with Gasteiger partial charge < -0.3 is 40.3 Å². The summed E-state index contributed by atoms with van der Waals surface area (Å²) in [5.74, 6) is -4.54. The van der Waals surface area contributed by atoms with E-state index in [4.69, 9.17) is 4.74 Å². The molecule has 4 N–H and O–H groups in total. The molecule has 44 heavy (non-hydrogen) atoms. The standard InChI is InChI=1S/C30H51N5O9/c1-9-17(4)23-29(42)34(8)24(16(2)3)30(43)33(7)19(6)26(39)31-12-10-22(38)44-21(14-20(37)15-36)28(41)35-13-11-18(5)25(35)27(40)32-23/h16-21,23-25,36-37H,9-15H2,1-8H3,(H,31,39)(H,32,40)/t17-,18-,19+,20-,21+,23+,24+,25+/m0/s1. The number of likely N-dealkylation sites (N-methyl/N-ethyl adjacent to an activating group) is 2. The Balaban J connectivity index is 2.59. The van der Waals surface area contributed by atoms with E-state index in [1.54, 1.807) is 20.8 Å². The van der Waals surface area contributed by atoms with Gasteiger partial charge >= 0.3 is 5.97 Å². The number of nitrogens with one attached hydrogen (secondary N) is 2. The van der Waals surface area contributed by atoms with Crippen LogP contribution in [0, 0.1) is 17.8 Å². The smallest absolute Gasteiger partial charge is 0.308 e. The predicted octanol–water partition coefficient (Wildman–Crippen LogP) is -0.741. The molecule has 14 heteroatoms. The molecule has 0 bridgehead atoms. The van der Waals surface area contributed by atoms with Gasteiger partial charge in [0.2, 0.25) is 23.6 Å². The van der Waals surface area contributed by atoms with Crippen LogP contribution in [0.1, 0.15) is 67.2 Å². The van der Waals surface area contributed by atoms with Crippen molar-refractivity contribution in [1.82, 2.24) is 25.3 Å². The molecule has 0 unspecified atom stereocenters. The Bertz CT molecular complexity index is 1070. The van der Waals surface area contributed by atoms with E-state index in [1.807, 2.05) is 13.8 Å². The highest BCUT2D eigenvalue weighted by Crippen LogP contribution is 2.27. The number of aliphatic hydroxyl groups is 2. The number of nitrogens with zero attached hydrogens (tertiary/aromatic N) is 3. The van der Waals surface area contributed by atoms with Crippen molar-refractivity contribution in [2.45, 2.75) is 104 Å². The monoisotopic (exact) mass is 625 g/mol. The zero-order chi connectivity index (χ0) is 33.5. The number of rotatable bonds is 6. The van der Waals surface area contributed by atoms with Gasteiger partial charge in [0.25, 0.3) is 5.91 Å². The molecule has 2 aliphatic heterocycles. The number of carbonyl (C=O) groups is 6. The third-order valence-corrected chi connectivity index (χ3v) is 8.86. The number of hydrogen-bond donors (Lipinski definition) is 4. The number of hydrogen-bond acceptors (Lipinski definition) is 9. The summed E-state index contributed by atoms with van der Waals surface area (Å²) in [6.45, 7) is 9.93. The first kappa shape index (κ1) is 36.9. The van der Waals surface area contributed by atoms with Gasteiger partial charge in [0.1, 0.15) is 24.2 Å². The van der Waals surface area contributed by atoms with Gasteiger partial charge in [-0.2, -0.15) is 0 Å². The average Bonchev–Trinajstić information content (AvgIpc) is 3.37.